The van der Waals surface area contributed by atoms with Crippen LogP contribution < -0.4 is 4.90 Å². The predicted molar refractivity (Wildman–Crippen MR) is 65.9 cm³/mol. The van der Waals surface area contributed by atoms with Gasteiger partial charge in [0, 0.05) is 43.4 Å². The highest BCUT2D eigenvalue weighted by Gasteiger charge is 2.06. The average Bonchev–Trinajstić information content (AvgIpc) is 2.74. The van der Waals surface area contributed by atoms with Gasteiger partial charge >= 0.3 is 0 Å². The van der Waals surface area contributed by atoms with E-state index in [2.05, 4.69) is 19.2 Å². The number of aromatic nitrogens is 3. The van der Waals surface area contributed by atoms with Crippen molar-refractivity contribution in [2.45, 2.75) is 13.3 Å². The maximum atomic E-state index is 4.34. The van der Waals surface area contributed by atoms with Crippen molar-refractivity contribution in [2.75, 3.05) is 18.5 Å². The largest absolute Gasteiger partial charge is 0.350 e. The first kappa shape index (κ1) is 11.0. The van der Waals surface area contributed by atoms with Gasteiger partial charge < -0.3 is 4.90 Å². The van der Waals surface area contributed by atoms with Gasteiger partial charge in [0.2, 0.25) is 5.13 Å². The van der Waals surface area contributed by atoms with Crippen molar-refractivity contribution in [1.82, 2.24) is 14.3 Å². The second-order valence-corrected chi connectivity index (χ2v) is 4.35. The number of likely N-dealkylation sites (N-methyl/N-ethyl adjacent to an activating group) is 1. The molecule has 2 aromatic rings. The summed E-state index contributed by atoms with van der Waals surface area (Å²) in [6.07, 6.45) is 2.75. The van der Waals surface area contributed by atoms with Crippen LogP contribution in [0.4, 0.5) is 5.13 Å². The van der Waals surface area contributed by atoms with Crippen LogP contribution in [0, 0.1) is 6.92 Å². The van der Waals surface area contributed by atoms with Crippen LogP contribution in [0.15, 0.2) is 24.4 Å². The summed E-state index contributed by atoms with van der Waals surface area (Å²) in [4.78, 5) is 10.7. The fourth-order valence-corrected chi connectivity index (χ4v) is 2.02. The third-order valence-corrected chi connectivity index (χ3v) is 3.19. The lowest BCUT2D eigenvalue weighted by Crippen LogP contribution is -2.20. The van der Waals surface area contributed by atoms with Crippen molar-refractivity contribution >= 4 is 16.7 Å². The molecule has 0 aliphatic rings. The summed E-state index contributed by atoms with van der Waals surface area (Å²) in [5.41, 5.74) is 1.11. The molecular weight excluding hydrogens is 220 g/mol. The molecule has 84 valence electrons. The fourth-order valence-electron chi connectivity index (χ4n) is 1.37. The number of nitrogens with zero attached hydrogens (tertiary/aromatic N) is 4. The second kappa shape index (κ2) is 5.03. The van der Waals surface area contributed by atoms with E-state index in [1.165, 1.54) is 11.5 Å². The van der Waals surface area contributed by atoms with Gasteiger partial charge in [-0.05, 0) is 19.1 Å². The molecule has 2 heterocycles. The van der Waals surface area contributed by atoms with E-state index in [1.54, 1.807) is 0 Å². The van der Waals surface area contributed by atoms with E-state index in [4.69, 9.17) is 0 Å². The van der Waals surface area contributed by atoms with Gasteiger partial charge in [-0.3, -0.25) is 4.98 Å². The van der Waals surface area contributed by atoms with Gasteiger partial charge in [-0.2, -0.15) is 4.37 Å². The zero-order valence-electron chi connectivity index (χ0n) is 9.42. The summed E-state index contributed by atoms with van der Waals surface area (Å²) >= 11 is 1.44. The molecule has 0 fully saturated rings. The van der Waals surface area contributed by atoms with E-state index in [-0.39, 0.29) is 0 Å². The molecular formula is C11H14N4S. The first-order chi connectivity index (χ1) is 7.75. The van der Waals surface area contributed by atoms with Crippen LogP contribution in [0.2, 0.25) is 0 Å². The molecule has 0 unspecified atom stereocenters. The van der Waals surface area contributed by atoms with Gasteiger partial charge in [-0.15, -0.1) is 0 Å². The van der Waals surface area contributed by atoms with E-state index in [0.29, 0.717) is 0 Å². The molecule has 0 amide bonds. The molecule has 0 spiro atoms. The van der Waals surface area contributed by atoms with Crippen LogP contribution in [0.1, 0.15) is 11.5 Å². The summed E-state index contributed by atoms with van der Waals surface area (Å²) in [7, 11) is 2.03. The average molecular weight is 234 g/mol. The Bertz CT molecular complexity index is 440. The Morgan fingerprint density at radius 1 is 1.38 bits per heavy atom. The van der Waals surface area contributed by atoms with Crippen LogP contribution in [0.3, 0.4) is 0 Å². The fraction of sp³-hybridized carbons (Fsp3) is 0.364. The van der Waals surface area contributed by atoms with Gasteiger partial charge in [-0.1, -0.05) is 6.07 Å². The minimum atomic E-state index is 0.838. The van der Waals surface area contributed by atoms with Gasteiger partial charge in [0.1, 0.15) is 5.82 Å². The van der Waals surface area contributed by atoms with Crippen molar-refractivity contribution < 1.29 is 0 Å². The molecule has 0 saturated carbocycles. The van der Waals surface area contributed by atoms with Crippen LogP contribution >= 0.6 is 11.5 Å². The Labute approximate surface area is 99.1 Å². The number of aryl methyl sites for hydroxylation is 1. The Kier molecular flexibility index (Phi) is 3.46. The lowest BCUT2D eigenvalue weighted by molar-refractivity contribution is 0.846. The third kappa shape index (κ3) is 2.76. The molecule has 0 aromatic carbocycles. The highest BCUT2D eigenvalue weighted by molar-refractivity contribution is 7.09. The maximum Gasteiger partial charge on any atom is 0.204 e. The topological polar surface area (TPSA) is 41.9 Å². The molecule has 0 atom stereocenters. The summed E-state index contributed by atoms with van der Waals surface area (Å²) in [6, 6.07) is 5.98. The third-order valence-electron chi connectivity index (χ3n) is 2.27. The molecule has 0 bridgehead atoms. The molecule has 2 aromatic heterocycles. The SMILES string of the molecule is Cc1nsc(N(C)CCc2ccccn2)n1. The van der Waals surface area contributed by atoms with Gasteiger partial charge in [-0.25, -0.2) is 4.98 Å². The highest BCUT2D eigenvalue weighted by atomic mass is 32.1. The van der Waals surface area contributed by atoms with E-state index in [1.807, 2.05) is 38.4 Å². The van der Waals surface area contributed by atoms with E-state index >= 15 is 0 Å². The maximum absolute atomic E-state index is 4.34. The quantitative estimate of drug-likeness (QED) is 0.810. The molecule has 0 radical (unpaired) electrons. The minimum Gasteiger partial charge on any atom is -0.350 e. The smallest absolute Gasteiger partial charge is 0.204 e. The molecule has 0 N–H and O–H groups in total. The van der Waals surface area contributed by atoms with Crippen molar-refractivity contribution in [3.8, 4) is 0 Å². The Morgan fingerprint density at radius 2 is 2.25 bits per heavy atom. The zero-order valence-corrected chi connectivity index (χ0v) is 10.2. The van der Waals surface area contributed by atoms with E-state index in [0.717, 1.165) is 29.6 Å². The van der Waals surface area contributed by atoms with Crippen LogP contribution in [0.25, 0.3) is 0 Å². The lowest BCUT2D eigenvalue weighted by Gasteiger charge is -2.14. The van der Waals surface area contributed by atoms with Crippen LogP contribution in [0.5, 0.6) is 0 Å². The van der Waals surface area contributed by atoms with Crippen LogP contribution in [-0.4, -0.2) is 27.9 Å². The zero-order chi connectivity index (χ0) is 11.4. The lowest BCUT2D eigenvalue weighted by atomic mass is 10.2. The summed E-state index contributed by atoms with van der Waals surface area (Å²) in [5, 5.41) is 0.966. The Morgan fingerprint density at radius 3 is 2.88 bits per heavy atom. The molecule has 5 heteroatoms. The van der Waals surface area contributed by atoms with Gasteiger partial charge in [0.25, 0.3) is 0 Å². The first-order valence-electron chi connectivity index (χ1n) is 5.17. The highest BCUT2D eigenvalue weighted by Crippen LogP contribution is 2.15. The second-order valence-electron chi connectivity index (χ2n) is 3.62. The van der Waals surface area contributed by atoms with Crippen molar-refractivity contribution in [2.24, 2.45) is 0 Å². The van der Waals surface area contributed by atoms with Gasteiger partial charge in [0.05, 0.1) is 0 Å². The summed E-state index contributed by atoms with van der Waals surface area (Å²) < 4.78 is 4.17. The number of anilines is 1. The predicted octanol–water partition coefficient (Wildman–Crippen LogP) is 1.92. The Hall–Kier alpha value is -1.49. The molecule has 0 saturated heterocycles. The minimum absolute atomic E-state index is 0.838. The van der Waals surface area contributed by atoms with Crippen molar-refractivity contribution in [3.63, 3.8) is 0 Å². The summed E-state index contributed by atoms with van der Waals surface area (Å²) in [6.45, 7) is 2.82. The number of rotatable bonds is 4. The monoisotopic (exact) mass is 234 g/mol. The van der Waals surface area contributed by atoms with Crippen molar-refractivity contribution in [3.05, 3.63) is 35.9 Å². The molecule has 2 rings (SSSR count). The van der Waals surface area contributed by atoms with Crippen molar-refractivity contribution in [1.29, 1.82) is 0 Å². The number of hydrogen-bond acceptors (Lipinski definition) is 5. The number of hydrogen-bond donors (Lipinski definition) is 0. The van der Waals surface area contributed by atoms with Crippen LogP contribution in [-0.2, 0) is 6.42 Å². The number of pyridine rings is 1. The van der Waals surface area contributed by atoms with E-state index in [9.17, 15) is 0 Å². The molecule has 4 nitrogen and oxygen atoms in total. The van der Waals surface area contributed by atoms with E-state index < -0.39 is 0 Å². The molecule has 16 heavy (non-hydrogen) atoms. The normalized spacial score (nSPS) is 10.4. The summed E-state index contributed by atoms with van der Waals surface area (Å²) in [5.74, 6) is 0.838. The molecule has 0 aliphatic heterocycles. The van der Waals surface area contributed by atoms with Gasteiger partial charge in [0.15, 0.2) is 0 Å². The standard InChI is InChI=1S/C11H14N4S/c1-9-13-11(16-14-9)15(2)8-6-10-5-3-4-7-12-10/h3-5,7H,6,8H2,1-2H3. The molecule has 0 aliphatic carbocycles. The first-order valence-corrected chi connectivity index (χ1v) is 5.94. The Balaban J connectivity index is 1.91.